The molecule has 0 amide bonds. The third-order valence-corrected chi connectivity index (χ3v) is 5.58. The fourth-order valence-corrected chi connectivity index (χ4v) is 4.33. The van der Waals surface area contributed by atoms with Gasteiger partial charge in [-0.2, -0.15) is 0 Å². The number of aryl methyl sites for hydroxylation is 1. The number of hydrogen-bond acceptors (Lipinski definition) is 2. The Morgan fingerprint density at radius 2 is 2.08 bits per heavy atom. The molecule has 1 unspecified atom stereocenters. The molecule has 1 aromatic carbocycles. The maximum Gasteiger partial charge on any atom is 0.123 e. The molecular weight excluding hydrogens is 348 g/mol. The van der Waals surface area contributed by atoms with Crippen LogP contribution in [-0.2, 0) is 6.54 Å². The Morgan fingerprint density at radius 1 is 1.25 bits per heavy atom. The van der Waals surface area contributed by atoms with Gasteiger partial charge in [-0.15, -0.1) is 24.8 Å². The van der Waals surface area contributed by atoms with Gasteiger partial charge < -0.3 is 10.3 Å². The van der Waals surface area contributed by atoms with E-state index in [2.05, 4.69) is 22.1 Å². The highest BCUT2D eigenvalue weighted by atomic mass is 35.5. The minimum Gasteiger partial charge on any atom is -0.357 e. The fourth-order valence-electron chi connectivity index (χ4n) is 4.33. The summed E-state index contributed by atoms with van der Waals surface area (Å²) in [6.07, 6.45) is 3.95. The molecule has 0 aliphatic carbocycles. The molecule has 134 valence electrons. The highest BCUT2D eigenvalue weighted by Gasteiger charge is 2.37. The summed E-state index contributed by atoms with van der Waals surface area (Å²) in [5, 5.41) is 4.55. The SMILES string of the molecule is Cc1c(CN2CCCC3(CCNC3)C2)[nH]c2ccc(F)cc12.Cl.Cl. The molecule has 0 radical (unpaired) electrons. The van der Waals surface area contributed by atoms with Crippen LogP contribution in [0.1, 0.15) is 30.5 Å². The number of H-pyrrole nitrogens is 1. The first-order chi connectivity index (χ1) is 10.7. The Kier molecular flexibility index (Phi) is 6.19. The molecule has 2 aliphatic heterocycles. The highest BCUT2D eigenvalue weighted by Crippen LogP contribution is 2.36. The van der Waals surface area contributed by atoms with Gasteiger partial charge >= 0.3 is 0 Å². The molecule has 1 aromatic heterocycles. The van der Waals surface area contributed by atoms with Crippen LogP contribution in [0, 0.1) is 18.2 Å². The van der Waals surface area contributed by atoms with Crippen molar-refractivity contribution in [2.45, 2.75) is 32.7 Å². The van der Waals surface area contributed by atoms with Gasteiger partial charge in [-0.1, -0.05) is 0 Å². The van der Waals surface area contributed by atoms with E-state index < -0.39 is 0 Å². The molecule has 0 bridgehead atoms. The van der Waals surface area contributed by atoms with Crippen LogP contribution in [0.3, 0.4) is 0 Å². The molecule has 2 aliphatic rings. The van der Waals surface area contributed by atoms with Crippen molar-refractivity contribution in [3.63, 3.8) is 0 Å². The normalized spacial score (nSPS) is 24.1. The van der Waals surface area contributed by atoms with Crippen LogP contribution < -0.4 is 5.32 Å². The summed E-state index contributed by atoms with van der Waals surface area (Å²) >= 11 is 0. The van der Waals surface area contributed by atoms with Crippen LogP contribution in [0.15, 0.2) is 18.2 Å². The van der Waals surface area contributed by atoms with Crippen molar-refractivity contribution in [1.29, 1.82) is 0 Å². The lowest BCUT2D eigenvalue weighted by Crippen LogP contribution is -2.44. The molecule has 24 heavy (non-hydrogen) atoms. The van der Waals surface area contributed by atoms with E-state index >= 15 is 0 Å². The number of rotatable bonds is 2. The molecule has 2 fully saturated rings. The summed E-state index contributed by atoms with van der Waals surface area (Å²) in [6.45, 7) is 7.74. The third-order valence-electron chi connectivity index (χ3n) is 5.58. The molecule has 1 atom stereocenters. The van der Waals surface area contributed by atoms with Crippen molar-refractivity contribution in [2.24, 2.45) is 5.41 Å². The van der Waals surface area contributed by atoms with E-state index in [4.69, 9.17) is 0 Å². The van der Waals surface area contributed by atoms with Crippen molar-refractivity contribution < 1.29 is 4.39 Å². The van der Waals surface area contributed by atoms with Crippen LogP contribution >= 0.6 is 24.8 Å². The van der Waals surface area contributed by atoms with E-state index in [0.29, 0.717) is 5.41 Å². The van der Waals surface area contributed by atoms with Gasteiger partial charge in [0, 0.05) is 36.2 Å². The molecule has 2 aromatic rings. The standard InChI is InChI=1S/C18H24FN3.2ClH/c1-13-15-9-14(19)3-4-16(15)21-17(13)10-22-8-2-5-18(12-22)6-7-20-11-18;;/h3-4,9,20-21H,2,5-8,10-12H2,1H3;2*1H. The minimum absolute atomic E-state index is 0. The zero-order valence-corrected chi connectivity index (χ0v) is 15.7. The topological polar surface area (TPSA) is 31.1 Å². The molecule has 1 spiro atoms. The Morgan fingerprint density at radius 3 is 2.83 bits per heavy atom. The number of likely N-dealkylation sites (tertiary alicyclic amines) is 1. The first-order valence-electron chi connectivity index (χ1n) is 8.35. The van der Waals surface area contributed by atoms with Gasteiger partial charge in [0.2, 0.25) is 0 Å². The maximum atomic E-state index is 13.5. The predicted molar refractivity (Wildman–Crippen MR) is 102 cm³/mol. The number of nitrogens with zero attached hydrogens (tertiary/aromatic N) is 1. The van der Waals surface area contributed by atoms with Crippen LogP contribution in [0.4, 0.5) is 4.39 Å². The van der Waals surface area contributed by atoms with Crippen molar-refractivity contribution in [3.8, 4) is 0 Å². The van der Waals surface area contributed by atoms with Crippen LogP contribution in [0.25, 0.3) is 10.9 Å². The predicted octanol–water partition coefficient (Wildman–Crippen LogP) is 4.03. The molecule has 3 heterocycles. The Labute approximate surface area is 155 Å². The monoisotopic (exact) mass is 373 g/mol. The lowest BCUT2D eigenvalue weighted by atomic mass is 9.79. The second-order valence-corrected chi connectivity index (χ2v) is 7.16. The number of benzene rings is 1. The summed E-state index contributed by atoms with van der Waals surface area (Å²) in [4.78, 5) is 6.07. The number of aromatic nitrogens is 1. The summed E-state index contributed by atoms with van der Waals surface area (Å²) in [6, 6.07) is 5.02. The first-order valence-corrected chi connectivity index (χ1v) is 8.35. The Hall–Kier alpha value is -0.810. The molecule has 2 N–H and O–H groups in total. The van der Waals surface area contributed by atoms with E-state index in [0.717, 1.165) is 17.4 Å². The molecule has 4 rings (SSSR count). The summed E-state index contributed by atoms with van der Waals surface area (Å²) in [5.74, 6) is -0.157. The van der Waals surface area contributed by atoms with E-state index in [-0.39, 0.29) is 30.6 Å². The van der Waals surface area contributed by atoms with Gasteiger partial charge in [-0.3, -0.25) is 4.90 Å². The fraction of sp³-hybridized carbons (Fsp3) is 0.556. The number of piperidine rings is 1. The molecule has 0 saturated carbocycles. The van der Waals surface area contributed by atoms with Gasteiger partial charge in [-0.25, -0.2) is 4.39 Å². The maximum absolute atomic E-state index is 13.5. The number of hydrogen-bond donors (Lipinski definition) is 2. The molecule has 3 nitrogen and oxygen atoms in total. The summed E-state index contributed by atoms with van der Waals surface area (Å²) in [5.41, 5.74) is 3.97. The number of aromatic amines is 1. The molecular formula is C18H26Cl2FN3. The Bertz CT molecular complexity index is 695. The second-order valence-electron chi connectivity index (χ2n) is 7.16. The van der Waals surface area contributed by atoms with E-state index in [1.807, 2.05) is 6.07 Å². The molecule has 2 saturated heterocycles. The minimum atomic E-state index is -0.157. The summed E-state index contributed by atoms with van der Waals surface area (Å²) in [7, 11) is 0. The van der Waals surface area contributed by atoms with Crippen LogP contribution in [-0.4, -0.2) is 36.1 Å². The highest BCUT2D eigenvalue weighted by molar-refractivity contribution is 5.86. The average Bonchev–Trinajstić information content (AvgIpc) is 3.06. The van der Waals surface area contributed by atoms with E-state index in [1.54, 1.807) is 6.07 Å². The smallest absolute Gasteiger partial charge is 0.123 e. The van der Waals surface area contributed by atoms with Gasteiger partial charge in [0.1, 0.15) is 5.82 Å². The van der Waals surface area contributed by atoms with Gasteiger partial charge in [0.25, 0.3) is 0 Å². The quantitative estimate of drug-likeness (QED) is 0.832. The zero-order valence-electron chi connectivity index (χ0n) is 14.0. The van der Waals surface area contributed by atoms with Crippen molar-refractivity contribution in [1.82, 2.24) is 15.2 Å². The third kappa shape index (κ3) is 3.57. The van der Waals surface area contributed by atoms with E-state index in [1.165, 1.54) is 62.8 Å². The second kappa shape index (κ2) is 7.61. The summed E-state index contributed by atoms with van der Waals surface area (Å²) < 4.78 is 13.5. The molecule has 6 heteroatoms. The zero-order chi connectivity index (χ0) is 15.2. The van der Waals surface area contributed by atoms with Gasteiger partial charge in [0.15, 0.2) is 0 Å². The van der Waals surface area contributed by atoms with Crippen molar-refractivity contribution in [3.05, 3.63) is 35.3 Å². The number of nitrogens with one attached hydrogen (secondary N) is 2. The number of halogens is 3. The van der Waals surface area contributed by atoms with Gasteiger partial charge in [-0.05, 0) is 68.5 Å². The first kappa shape index (κ1) is 19.5. The largest absolute Gasteiger partial charge is 0.357 e. The van der Waals surface area contributed by atoms with E-state index in [9.17, 15) is 4.39 Å². The lowest BCUT2D eigenvalue weighted by molar-refractivity contribution is 0.0968. The van der Waals surface area contributed by atoms with Crippen LogP contribution in [0.2, 0.25) is 0 Å². The van der Waals surface area contributed by atoms with Crippen molar-refractivity contribution >= 4 is 35.7 Å². The number of fused-ring (bicyclic) bond motifs is 1. The van der Waals surface area contributed by atoms with Gasteiger partial charge in [0.05, 0.1) is 0 Å². The Balaban J connectivity index is 0.00000104. The lowest BCUT2D eigenvalue weighted by Gasteiger charge is -2.40. The van der Waals surface area contributed by atoms with Crippen molar-refractivity contribution in [2.75, 3.05) is 26.2 Å². The van der Waals surface area contributed by atoms with Crippen LogP contribution in [0.5, 0.6) is 0 Å². The average molecular weight is 374 g/mol.